The average molecular weight is 287 g/mol. The van der Waals surface area contributed by atoms with Gasteiger partial charge >= 0.3 is 0 Å². The van der Waals surface area contributed by atoms with Crippen LogP contribution in [0.1, 0.15) is 5.69 Å². The molecule has 0 fully saturated rings. The summed E-state index contributed by atoms with van der Waals surface area (Å²) in [7, 11) is 0. The fourth-order valence-corrected chi connectivity index (χ4v) is 1.96. The summed E-state index contributed by atoms with van der Waals surface area (Å²) in [6.45, 7) is 0.574. The lowest BCUT2D eigenvalue weighted by molar-refractivity contribution is 0.876. The first kappa shape index (κ1) is 12.6. The van der Waals surface area contributed by atoms with E-state index >= 15 is 0 Å². The molecule has 6 nitrogen and oxygen atoms in total. The van der Waals surface area contributed by atoms with Gasteiger partial charge in [-0.25, -0.2) is 19.6 Å². The van der Waals surface area contributed by atoms with Gasteiger partial charge in [-0.3, -0.25) is 0 Å². The molecule has 0 atom stereocenters. The molecule has 100 valence electrons. The highest BCUT2D eigenvalue weighted by molar-refractivity contribution is 6.31. The maximum Gasteiger partial charge on any atom is 0.138 e. The molecule has 2 aromatic heterocycles. The highest BCUT2D eigenvalue weighted by atomic mass is 35.5. The fraction of sp³-hybridized carbons (Fsp3) is 0.0769. The van der Waals surface area contributed by atoms with Gasteiger partial charge in [0.15, 0.2) is 0 Å². The molecule has 1 aromatic carbocycles. The van der Waals surface area contributed by atoms with Crippen LogP contribution in [0.2, 0.25) is 5.02 Å². The van der Waals surface area contributed by atoms with Crippen molar-refractivity contribution in [3.63, 3.8) is 0 Å². The molecule has 0 bridgehead atoms. The number of aromatic nitrogens is 5. The number of halogens is 1. The molecule has 0 unspecified atom stereocenters. The summed E-state index contributed by atoms with van der Waals surface area (Å²) in [6.07, 6.45) is 6.36. The van der Waals surface area contributed by atoms with Crippen molar-refractivity contribution in [2.45, 2.75) is 6.54 Å². The molecular formula is C13H11ClN6. The summed E-state index contributed by atoms with van der Waals surface area (Å²) in [5.74, 6) is 0. The van der Waals surface area contributed by atoms with Crippen molar-refractivity contribution in [1.82, 2.24) is 24.7 Å². The number of hydrogen-bond donors (Lipinski definition) is 1. The molecule has 0 aliphatic heterocycles. The van der Waals surface area contributed by atoms with Gasteiger partial charge in [-0.05, 0) is 24.3 Å². The molecule has 0 radical (unpaired) electrons. The van der Waals surface area contributed by atoms with Crippen molar-refractivity contribution in [3.05, 3.63) is 60.2 Å². The molecule has 20 heavy (non-hydrogen) atoms. The summed E-state index contributed by atoms with van der Waals surface area (Å²) in [6, 6.07) is 7.40. The number of benzene rings is 1. The Labute approximate surface area is 120 Å². The van der Waals surface area contributed by atoms with Gasteiger partial charge in [0.1, 0.15) is 19.0 Å². The minimum Gasteiger partial charge on any atom is -0.378 e. The van der Waals surface area contributed by atoms with Crippen LogP contribution < -0.4 is 5.32 Å². The second-order valence-electron chi connectivity index (χ2n) is 4.06. The summed E-state index contributed by atoms with van der Waals surface area (Å²) in [5, 5.41) is 8.08. The van der Waals surface area contributed by atoms with Crippen LogP contribution in [-0.2, 0) is 6.54 Å². The molecule has 0 spiro atoms. The van der Waals surface area contributed by atoms with Gasteiger partial charge in [-0.1, -0.05) is 11.6 Å². The molecule has 0 saturated heterocycles. The Balaban J connectivity index is 1.87. The highest BCUT2D eigenvalue weighted by Crippen LogP contribution is 2.24. The van der Waals surface area contributed by atoms with Crippen LogP contribution in [-0.4, -0.2) is 24.7 Å². The first-order chi connectivity index (χ1) is 9.83. The quantitative estimate of drug-likeness (QED) is 0.797. The average Bonchev–Trinajstić information content (AvgIpc) is 3.00. The van der Waals surface area contributed by atoms with Crippen molar-refractivity contribution < 1.29 is 0 Å². The van der Waals surface area contributed by atoms with E-state index in [0.717, 1.165) is 17.1 Å². The Kier molecular flexibility index (Phi) is 3.56. The van der Waals surface area contributed by atoms with E-state index in [1.807, 2.05) is 24.3 Å². The number of anilines is 1. The first-order valence-electron chi connectivity index (χ1n) is 5.96. The molecule has 3 rings (SSSR count). The van der Waals surface area contributed by atoms with E-state index in [9.17, 15) is 0 Å². The van der Waals surface area contributed by atoms with E-state index in [2.05, 4.69) is 25.4 Å². The molecule has 0 saturated carbocycles. The van der Waals surface area contributed by atoms with Gasteiger partial charge in [0.05, 0.1) is 23.6 Å². The van der Waals surface area contributed by atoms with Gasteiger partial charge in [-0.15, -0.1) is 0 Å². The topological polar surface area (TPSA) is 68.5 Å². The molecule has 0 aliphatic carbocycles. The van der Waals surface area contributed by atoms with Gasteiger partial charge in [0, 0.05) is 11.2 Å². The number of nitrogens with one attached hydrogen (secondary N) is 1. The molecular weight excluding hydrogens is 276 g/mol. The molecule has 1 N–H and O–H groups in total. The van der Waals surface area contributed by atoms with E-state index < -0.39 is 0 Å². The van der Waals surface area contributed by atoms with Crippen LogP contribution in [0.25, 0.3) is 5.69 Å². The van der Waals surface area contributed by atoms with Crippen molar-refractivity contribution in [2.24, 2.45) is 0 Å². The normalized spacial score (nSPS) is 10.4. The van der Waals surface area contributed by atoms with E-state index in [1.165, 1.54) is 12.7 Å². The van der Waals surface area contributed by atoms with Gasteiger partial charge in [0.2, 0.25) is 0 Å². The van der Waals surface area contributed by atoms with Crippen LogP contribution in [0, 0.1) is 0 Å². The van der Waals surface area contributed by atoms with Crippen LogP contribution in [0.3, 0.4) is 0 Å². The van der Waals surface area contributed by atoms with Crippen molar-refractivity contribution in [1.29, 1.82) is 0 Å². The Morgan fingerprint density at radius 2 is 2.10 bits per heavy atom. The lowest BCUT2D eigenvalue weighted by Crippen LogP contribution is -2.06. The summed E-state index contributed by atoms with van der Waals surface area (Å²) in [4.78, 5) is 12.0. The van der Waals surface area contributed by atoms with Gasteiger partial charge in [-0.2, -0.15) is 5.10 Å². The van der Waals surface area contributed by atoms with Crippen LogP contribution >= 0.6 is 11.6 Å². The van der Waals surface area contributed by atoms with E-state index in [4.69, 9.17) is 11.6 Å². The SMILES string of the molecule is Clc1ccc(-n2cncn2)c(NCc2ccncn2)c1. The number of hydrogen-bond acceptors (Lipinski definition) is 5. The Hall–Kier alpha value is -2.47. The standard InChI is InChI=1S/C13H11ClN6/c14-10-1-2-13(20-9-16-8-19-20)12(5-10)17-6-11-3-4-15-7-18-11/h1-5,7-9,17H,6H2. The summed E-state index contributed by atoms with van der Waals surface area (Å²) >= 11 is 6.05. The minimum atomic E-state index is 0.574. The molecule has 0 amide bonds. The van der Waals surface area contributed by atoms with E-state index in [-0.39, 0.29) is 0 Å². The third-order valence-electron chi connectivity index (χ3n) is 2.73. The zero-order valence-corrected chi connectivity index (χ0v) is 11.2. The van der Waals surface area contributed by atoms with Crippen molar-refractivity contribution >= 4 is 17.3 Å². The van der Waals surface area contributed by atoms with Gasteiger partial charge < -0.3 is 5.32 Å². The molecule has 3 aromatic rings. The molecule has 2 heterocycles. The monoisotopic (exact) mass is 286 g/mol. The maximum absolute atomic E-state index is 6.05. The lowest BCUT2D eigenvalue weighted by atomic mass is 10.2. The second kappa shape index (κ2) is 5.66. The van der Waals surface area contributed by atoms with Crippen LogP contribution in [0.4, 0.5) is 5.69 Å². The predicted molar refractivity (Wildman–Crippen MR) is 75.7 cm³/mol. The Bertz CT molecular complexity index is 683. The largest absolute Gasteiger partial charge is 0.378 e. The van der Waals surface area contributed by atoms with Crippen molar-refractivity contribution in [2.75, 3.05) is 5.32 Å². The summed E-state index contributed by atoms with van der Waals surface area (Å²) < 4.78 is 1.68. The maximum atomic E-state index is 6.05. The Morgan fingerprint density at radius 1 is 1.15 bits per heavy atom. The third kappa shape index (κ3) is 2.75. The fourth-order valence-electron chi connectivity index (χ4n) is 1.79. The lowest BCUT2D eigenvalue weighted by Gasteiger charge is -2.11. The zero-order chi connectivity index (χ0) is 13.8. The third-order valence-corrected chi connectivity index (χ3v) is 2.96. The highest BCUT2D eigenvalue weighted by Gasteiger charge is 2.06. The summed E-state index contributed by atoms with van der Waals surface area (Å²) in [5.41, 5.74) is 2.63. The second-order valence-corrected chi connectivity index (χ2v) is 4.49. The zero-order valence-electron chi connectivity index (χ0n) is 10.4. The smallest absolute Gasteiger partial charge is 0.138 e. The van der Waals surface area contributed by atoms with Crippen molar-refractivity contribution in [3.8, 4) is 5.69 Å². The van der Waals surface area contributed by atoms with Crippen LogP contribution in [0.15, 0.2) is 49.4 Å². The first-order valence-corrected chi connectivity index (χ1v) is 6.34. The van der Waals surface area contributed by atoms with Crippen LogP contribution in [0.5, 0.6) is 0 Å². The Morgan fingerprint density at radius 3 is 2.85 bits per heavy atom. The van der Waals surface area contributed by atoms with Gasteiger partial charge in [0.25, 0.3) is 0 Å². The van der Waals surface area contributed by atoms with E-state index in [0.29, 0.717) is 11.6 Å². The molecule has 0 aliphatic rings. The predicted octanol–water partition coefficient (Wildman–Crippen LogP) is 2.32. The molecule has 7 heteroatoms. The number of rotatable bonds is 4. The van der Waals surface area contributed by atoms with E-state index in [1.54, 1.807) is 17.2 Å². The number of nitrogens with zero attached hydrogens (tertiary/aromatic N) is 5. The minimum absolute atomic E-state index is 0.574.